The summed E-state index contributed by atoms with van der Waals surface area (Å²) < 4.78 is 1.95. The minimum Gasteiger partial charge on any atom is -0.398 e. The molecule has 23 heavy (non-hydrogen) atoms. The van der Waals surface area contributed by atoms with Crippen molar-refractivity contribution in [1.29, 1.82) is 0 Å². The number of fused-ring (bicyclic) bond motifs is 2. The Hall–Kier alpha value is -2.65. The summed E-state index contributed by atoms with van der Waals surface area (Å²) in [6, 6.07) is 21.9. The van der Waals surface area contributed by atoms with Gasteiger partial charge in [-0.1, -0.05) is 48.5 Å². The lowest BCUT2D eigenvalue weighted by Gasteiger charge is -2.09. The molecule has 112 valence electrons. The highest BCUT2D eigenvalue weighted by molar-refractivity contribution is 7.24. The van der Waals surface area contributed by atoms with Crippen molar-refractivity contribution in [3.05, 3.63) is 88.1 Å². The SMILES string of the molecule is Nc1c(Cc2ccccc2)ccc2sc3ccccc3c(=O)c12. The molecule has 0 atom stereocenters. The van der Waals surface area contributed by atoms with E-state index in [1.165, 1.54) is 5.56 Å². The van der Waals surface area contributed by atoms with Crippen molar-refractivity contribution in [2.45, 2.75) is 6.42 Å². The van der Waals surface area contributed by atoms with Gasteiger partial charge in [0.25, 0.3) is 0 Å². The van der Waals surface area contributed by atoms with E-state index in [0.717, 1.165) is 26.8 Å². The van der Waals surface area contributed by atoms with Gasteiger partial charge in [0.05, 0.1) is 5.39 Å². The second-order valence-electron chi connectivity index (χ2n) is 5.60. The zero-order valence-electron chi connectivity index (χ0n) is 12.5. The molecule has 0 bridgehead atoms. The highest BCUT2D eigenvalue weighted by Crippen LogP contribution is 2.30. The van der Waals surface area contributed by atoms with Crippen molar-refractivity contribution in [3.63, 3.8) is 0 Å². The third-order valence-electron chi connectivity index (χ3n) is 4.11. The maximum absolute atomic E-state index is 12.8. The maximum Gasteiger partial charge on any atom is 0.197 e. The molecule has 3 heteroatoms. The van der Waals surface area contributed by atoms with Crippen LogP contribution in [-0.2, 0) is 6.42 Å². The molecule has 2 N–H and O–H groups in total. The molecule has 0 aliphatic rings. The molecule has 3 aromatic carbocycles. The van der Waals surface area contributed by atoms with Crippen LogP contribution in [0, 0.1) is 0 Å². The molecule has 4 rings (SSSR count). The summed E-state index contributed by atoms with van der Waals surface area (Å²) >= 11 is 1.61. The molecule has 0 amide bonds. The Kier molecular flexibility index (Phi) is 3.36. The Morgan fingerprint density at radius 3 is 2.39 bits per heavy atom. The fraction of sp³-hybridized carbons (Fsp3) is 0.0500. The van der Waals surface area contributed by atoms with Crippen molar-refractivity contribution in [3.8, 4) is 0 Å². The first-order chi connectivity index (χ1) is 11.2. The molecule has 0 unspecified atom stereocenters. The average Bonchev–Trinajstić information content (AvgIpc) is 2.58. The van der Waals surface area contributed by atoms with Crippen molar-refractivity contribution < 1.29 is 0 Å². The second kappa shape index (κ2) is 5.52. The molecule has 4 aromatic rings. The lowest BCUT2D eigenvalue weighted by Crippen LogP contribution is -2.06. The van der Waals surface area contributed by atoms with Crippen LogP contribution in [0.4, 0.5) is 5.69 Å². The summed E-state index contributed by atoms with van der Waals surface area (Å²) in [5.74, 6) is 0. The van der Waals surface area contributed by atoms with E-state index >= 15 is 0 Å². The van der Waals surface area contributed by atoms with Crippen LogP contribution in [0.1, 0.15) is 11.1 Å². The van der Waals surface area contributed by atoms with Gasteiger partial charge in [-0.3, -0.25) is 4.79 Å². The molecule has 1 heterocycles. The summed E-state index contributed by atoms with van der Waals surface area (Å²) in [7, 11) is 0. The van der Waals surface area contributed by atoms with E-state index in [1.54, 1.807) is 11.3 Å². The molecule has 1 aromatic heterocycles. The average molecular weight is 317 g/mol. The first kappa shape index (κ1) is 14.0. The van der Waals surface area contributed by atoms with Crippen LogP contribution >= 0.6 is 11.3 Å². The van der Waals surface area contributed by atoms with Gasteiger partial charge in [-0.25, -0.2) is 0 Å². The number of hydrogen-bond donors (Lipinski definition) is 1. The molecule has 0 saturated carbocycles. The fourth-order valence-corrected chi connectivity index (χ4v) is 4.02. The molecule has 0 fully saturated rings. The highest BCUT2D eigenvalue weighted by atomic mass is 32.1. The number of benzene rings is 3. The van der Waals surface area contributed by atoms with Gasteiger partial charge in [0, 0.05) is 20.5 Å². The van der Waals surface area contributed by atoms with Crippen LogP contribution in [0.3, 0.4) is 0 Å². The minimum absolute atomic E-state index is 0.0294. The van der Waals surface area contributed by atoms with Crippen LogP contribution < -0.4 is 11.2 Å². The summed E-state index contributed by atoms with van der Waals surface area (Å²) in [6.45, 7) is 0. The lowest BCUT2D eigenvalue weighted by atomic mass is 10.0. The lowest BCUT2D eigenvalue weighted by molar-refractivity contribution is 1.20. The minimum atomic E-state index is 0.0294. The molecule has 0 aliphatic carbocycles. The predicted molar refractivity (Wildman–Crippen MR) is 99.3 cm³/mol. The summed E-state index contributed by atoms with van der Waals surface area (Å²) in [6.07, 6.45) is 0.736. The summed E-state index contributed by atoms with van der Waals surface area (Å²) in [5, 5.41) is 1.40. The molecule has 0 aliphatic heterocycles. The van der Waals surface area contributed by atoms with Gasteiger partial charge >= 0.3 is 0 Å². The van der Waals surface area contributed by atoms with Gasteiger partial charge in [-0.05, 0) is 35.7 Å². The van der Waals surface area contributed by atoms with Crippen LogP contribution in [-0.4, -0.2) is 0 Å². The summed E-state index contributed by atoms with van der Waals surface area (Å²) in [5.41, 5.74) is 9.20. The number of rotatable bonds is 2. The van der Waals surface area contributed by atoms with Crippen LogP contribution in [0.15, 0.2) is 71.5 Å². The standard InChI is InChI=1S/C20H15NOS/c21-19-14(12-13-6-2-1-3-7-13)10-11-17-18(19)20(22)15-8-4-5-9-16(15)23-17/h1-11H,12,21H2. The fourth-order valence-electron chi connectivity index (χ4n) is 2.93. The molecular weight excluding hydrogens is 302 g/mol. The number of nitrogens with two attached hydrogens (primary N) is 1. The van der Waals surface area contributed by atoms with Gasteiger partial charge in [0.15, 0.2) is 5.43 Å². The van der Waals surface area contributed by atoms with E-state index in [4.69, 9.17) is 5.73 Å². The first-order valence-corrected chi connectivity index (χ1v) is 8.32. The topological polar surface area (TPSA) is 43.1 Å². The quantitative estimate of drug-likeness (QED) is 0.434. The predicted octanol–water partition coefficient (Wildman–Crippen LogP) is 4.59. The Morgan fingerprint density at radius 1 is 0.826 bits per heavy atom. The van der Waals surface area contributed by atoms with E-state index in [9.17, 15) is 4.79 Å². The molecule has 0 saturated heterocycles. The second-order valence-corrected chi connectivity index (χ2v) is 6.68. The van der Waals surface area contributed by atoms with Crippen LogP contribution in [0.5, 0.6) is 0 Å². The van der Waals surface area contributed by atoms with E-state index < -0.39 is 0 Å². The normalized spacial score (nSPS) is 11.1. The van der Waals surface area contributed by atoms with Gasteiger partial charge in [0.2, 0.25) is 0 Å². The number of anilines is 1. The Bertz CT molecular complexity index is 1070. The van der Waals surface area contributed by atoms with Crippen molar-refractivity contribution in [2.24, 2.45) is 0 Å². The Balaban J connectivity index is 1.95. The largest absolute Gasteiger partial charge is 0.398 e. The summed E-state index contributed by atoms with van der Waals surface area (Å²) in [4.78, 5) is 12.8. The van der Waals surface area contributed by atoms with E-state index in [-0.39, 0.29) is 5.43 Å². The number of nitrogen functional groups attached to an aromatic ring is 1. The maximum atomic E-state index is 12.8. The first-order valence-electron chi connectivity index (χ1n) is 7.51. The van der Waals surface area contributed by atoms with Crippen molar-refractivity contribution >= 4 is 37.2 Å². The Morgan fingerprint density at radius 2 is 1.57 bits per heavy atom. The zero-order chi connectivity index (χ0) is 15.8. The van der Waals surface area contributed by atoms with Crippen molar-refractivity contribution in [1.82, 2.24) is 0 Å². The van der Waals surface area contributed by atoms with Crippen molar-refractivity contribution in [2.75, 3.05) is 5.73 Å². The van der Waals surface area contributed by atoms with E-state index in [2.05, 4.69) is 12.1 Å². The molecule has 2 nitrogen and oxygen atoms in total. The van der Waals surface area contributed by atoms with Gasteiger partial charge in [-0.15, -0.1) is 11.3 Å². The monoisotopic (exact) mass is 317 g/mol. The smallest absolute Gasteiger partial charge is 0.197 e. The molecular formula is C20H15NOS. The van der Waals surface area contributed by atoms with Gasteiger partial charge < -0.3 is 5.73 Å². The zero-order valence-corrected chi connectivity index (χ0v) is 13.3. The van der Waals surface area contributed by atoms with Gasteiger partial charge in [0.1, 0.15) is 0 Å². The molecule has 0 radical (unpaired) electrons. The van der Waals surface area contributed by atoms with E-state index in [1.807, 2.05) is 54.6 Å². The Labute approximate surface area is 137 Å². The third-order valence-corrected chi connectivity index (χ3v) is 5.25. The highest BCUT2D eigenvalue weighted by Gasteiger charge is 2.12. The van der Waals surface area contributed by atoms with Gasteiger partial charge in [-0.2, -0.15) is 0 Å². The van der Waals surface area contributed by atoms with Crippen LogP contribution in [0.2, 0.25) is 0 Å². The molecule has 0 spiro atoms. The third kappa shape index (κ3) is 2.39. The van der Waals surface area contributed by atoms with E-state index in [0.29, 0.717) is 11.1 Å². The number of hydrogen-bond acceptors (Lipinski definition) is 3. The van der Waals surface area contributed by atoms with Crippen LogP contribution in [0.25, 0.3) is 20.2 Å².